The van der Waals surface area contributed by atoms with Crippen molar-refractivity contribution in [3.05, 3.63) is 54.6 Å². The molecule has 0 radical (unpaired) electrons. The van der Waals surface area contributed by atoms with E-state index in [0.29, 0.717) is 0 Å². The second-order valence-corrected chi connectivity index (χ2v) is 17.0. The summed E-state index contributed by atoms with van der Waals surface area (Å²) in [6, 6.07) is 20.1. The first kappa shape index (κ1) is 20.2. The Morgan fingerprint density at radius 2 is 0.920 bits per heavy atom. The van der Waals surface area contributed by atoms with Crippen molar-refractivity contribution in [1.82, 2.24) is 0 Å². The van der Waals surface area contributed by atoms with E-state index in [-0.39, 0.29) is 15.5 Å². The maximum absolute atomic E-state index is 2.47. The van der Waals surface area contributed by atoms with Crippen molar-refractivity contribution >= 4 is 12.6 Å². The molecule has 1 heteroatoms. The molecule has 138 valence electrons. The first-order chi connectivity index (χ1) is 11.3. The van der Waals surface area contributed by atoms with E-state index in [0.717, 1.165) is 0 Å². The van der Waals surface area contributed by atoms with E-state index in [9.17, 15) is 0 Å². The van der Waals surface area contributed by atoms with E-state index in [4.69, 9.17) is 0 Å². The molecular weight excluding hydrogens is 319 g/mol. The van der Waals surface area contributed by atoms with Gasteiger partial charge in [0, 0.05) is 0 Å². The fourth-order valence-electron chi connectivity index (χ4n) is 6.27. The van der Waals surface area contributed by atoms with E-state index in [1.165, 1.54) is 11.1 Å². The molecule has 0 aliphatic heterocycles. The number of hydrogen-bond donors (Lipinski definition) is 0. The van der Waals surface area contributed by atoms with Gasteiger partial charge in [-0.05, 0) is 0 Å². The van der Waals surface area contributed by atoms with Gasteiger partial charge < -0.3 is 0 Å². The van der Waals surface area contributed by atoms with Crippen molar-refractivity contribution in [2.24, 2.45) is 0 Å². The van der Waals surface area contributed by atoms with Gasteiger partial charge in [-0.15, -0.1) is 0 Å². The second kappa shape index (κ2) is 6.55. The molecule has 0 nitrogen and oxygen atoms in total. The minimum absolute atomic E-state index is 0.244. The molecule has 0 unspecified atom stereocenters. The summed E-state index contributed by atoms with van der Waals surface area (Å²) in [5, 5.41) is 2.34. The average Bonchev–Trinajstić information content (AvgIpc) is 2.44. The Labute approximate surface area is 156 Å². The summed E-state index contributed by atoms with van der Waals surface area (Å²) in [5.74, 6) is 0. The summed E-state index contributed by atoms with van der Waals surface area (Å²) < 4.78 is 0. The molecule has 0 fully saturated rings. The number of rotatable bonds is 2. The standard InChI is InChI=1S/C24H37P/c1-22(2,3)25(23(4,5)6,24(7,8)9)21-18-14-13-17-20(21)19-15-11-10-12-16-19/h10-18,25H,1-9H3. The van der Waals surface area contributed by atoms with Crippen molar-refractivity contribution in [2.45, 2.75) is 77.8 Å². The molecule has 2 aromatic rings. The minimum atomic E-state index is -2.00. The van der Waals surface area contributed by atoms with Crippen LogP contribution in [0.5, 0.6) is 0 Å². The van der Waals surface area contributed by atoms with Gasteiger partial charge in [0.25, 0.3) is 0 Å². The quantitative estimate of drug-likeness (QED) is 0.502. The average molecular weight is 357 g/mol. The van der Waals surface area contributed by atoms with Gasteiger partial charge in [-0.2, -0.15) is 0 Å². The summed E-state index contributed by atoms with van der Waals surface area (Å²) in [4.78, 5) is 0. The van der Waals surface area contributed by atoms with Crippen LogP contribution in [-0.4, -0.2) is 15.5 Å². The summed E-state index contributed by atoms with van der Waals surface area (Å²) >= 11 is 0. The van der Waals surface area contributed by atoms with E-state index >= 15 is 0 Å². The summed E-state index contributed by atoms with van der Waals surface area (Å²) in [6.45, 7) is 22.2. The van der Waals surface area contributed by atoms with Gasteiger partial charge in [-0.25, -0.2) is 0 Å². The van der Waals surface area contributed by atoms with E-state index in [1.54, 1.807) is 5.30 Å². The van der Waals surface area contributed by atoms with Crippen LogP contribution in [0.2, 0.25) is 0 Å². The topological polar surface area (TPSA) is 0 Å². The van der Waals surface area contributed by atoms with E-state index < -0.39 is 7.26 Å². The van der Waals surface area contributed by atoms with Gasteiger partial charge in [0.2, 0.25) is 0 Å². The summed E-state index contributed by atoms with van der Waals surface area (Å²) in [6.07, 6.45) is 0. The Morgan fingerprint density at radius 3 is 1.36 bits per heavy atom. The van der Waals surface area contributed by atoms with Crippen LogP contribution >= 0.6 is 7.26 Å². The summed E-state index contributed by atoms with van der Waals surface area (Å²) in [5.41, 5.74) is 2.77. The molecule has 0 N–H and O–H groups in total. The Hall–Kier alpha value is -1.13. The van der Waals surface area contributed by atoms with Crippen molar-refractivity contribution in [2.75, 3.05) is 0 Å². The van der Waals surface area contributed by atoms with Gasteiger partial charge in [0.05, 0.1) is 0 Å². The molecule has 0 spiro atoms. The molecule has 0 heterocycles. The maximum atomic E-state index is 2.47. The molecule has 0 aliphatic rings. The second-order valence-electron chi connectivity index (χ2n) is 10.4. The zero-order valence-corrected chi connectivity index (χ0v) is 18.7. The van der Waals surface area contributed by atoms with Crippen LogP contribution in [0.1, 0.15) is 62.3 Å². The Balaban J connectivity index is 2.96. The first-order valence-corrected chi connectivity index (χ1v) is 11.5. The molecule has 0 aliphatic carbocycles. The van der Waals surface area contributed by atoms with Crippen LogP contribution in [0, 0.1) is 0 Å². The molecule has 0 amide bonds. The first-order valence-electron chi connectivity index (χ1n) is 9.49. The van der Waals surface area contributed by atoms with Crippen LogP contribution in [-0.2, 0) is 0 Å². The van der Waals surface area contributed by atoms with Crippen molar-refractivity contribution in [3.63, 3.8) is 0 Å². The van der Waals surface area contributed by atoms with Gasteiger partial charge in [0.1, 0.15) is 0 Å². The monoisotopic (exact) mass is 356 g/mol. The zero-order chi connectivity index (χ0) is 19.1. The number of benzene rings is 2. The molecule has 0 bridgehead atoms. The van der Waals surface area contributed by atoms with Gasteiger partial charge in [-0.1, -0.05) is 0 Å². The molecule has 0 aromatic heterocycles. The van der Waals surface area contributed by atoms with Crippen LogP contribution < -0.4 is 5.30 Å². The van der Waals surface area contributed by atoms with Gasteiger partial charge >= 0.3 is 156 Å². The third-order valence-corrected chi connectivity index (χ3v) is 13.8. The van der Waals surface area contributed by atoms with E-state index in [2.05, 4.69) is 117 Å². The van der Waals surface area contributed by atoms with E-state index in [1.807, 2.05) is 0 Å². The fraction of sp³-hybridized carbons (Fsp3) is 0.500. The van der Waals surface area contributed by atoms with Gasteiger partial charge in [0.15, 0.2) is 0 Å². The third-order valence-electron chi connectivity index (χ3n) is 5.79. The van der Waals surface area contributed by atoms with Crippen LogP contribution in [0.15, 0.2) is 54.6 Å². The predicted octanol–water partition coefficient (Wildman–Crippen LogP) is 7.12. The molecule has 2 rings (SSSR count). The van der Waals surface area contributed by atoms with Crippen molar-refractivity contribution in [3.8, 4) is 11.1 Å². The summed E-state index contributed by atoms with van der Waals surface area (Å²) in [7, 11) is -2.00. The van der Waals surface area contributed by atoms with Crippen LogP contribution in [0.4, 0.5) is 0 Å². The predicted molar refractivity (Wildman–Crippen MR) is 119 cm³/mol. The fourth-order valence-corrected chi connectivity index (χ4v) is 16.4. The molecule has 0 saturated heterocycles. The Morgan fingerprint density at radius 1 is 0.520 bits per heavy atom. The number of hydrogen-bond acceptors (Lipinski definition) is 0. The molecule has 0 saturated carbocycles. The SMILES string of the molecule is CC(C)(C)[PH](c1ccccc1-c1ccccc1)(C(C)(C)C)C(C)(C)C. The molecule has 25 heavy (non-hydrogen) atoms. The Bertz CT molecular complexity index is 670. The van der Waals surface area contributed by atoms with Crippen LogP contribution in [0.3, 0.4) is 0 Å². The third kappa shape index (κ3) is 3.31. The normalized spacial score (nSPS) is 14.4. The Kier molecular flexibility index (Phi) is 5.29. The molecular formula is C24H37P. The van der Waals surface area contributed by atoms with Crippen molar-refractivity contribution in [1.29, 1.82) is 0 Å². The van der Waals surface area contributed by atoms with Crippen molar-refractivity contribution < 1.29 is 0 Å². The van der Waals surface area contributed by atoms with Crippen LogP contribution in [0.25, 0.3) is 11.1 Å². The van der Waals surface area contributed by atoms with Gasteiger partial charge in [-0.3, -0.25) is 0 Å². The molecule has 2 aromatic carbocycles. The zero-order valence-electron chi connectivity index (χ0n) is 17.7. The molecule has 0 atom stereocenters.